The van der Waals surface area contributed by atoms with E-state index in [0.717, 1.165) is 11.6 Å². The van der Waals surface area contributed by atoms with Crippen molar-refractivity contribution in [2.24, 2.45) is 5.41 Å². The van der Waals surface area contributed by atoms with Crippen LogP contribution in [0.4, 0.5) is 11.4 Å². The van der Waals surface area contributed by atoms with E-state index in [1.54, 1.807) is 32.9 Å². The third-order valence-electron chi connectivity index (χ3n) is 6.40. The first-order valence-electron chi connectivity index (χ1n) is 13.3. The van der Waals surface area contributed by atoms with Gasteiger partial charge in [0.1, 0.15) is 18.1 Å². The van der Waals surface area contributed by atoms with E-state index in [-0.39, 0.29) is 31.9 Å². The van der Waals surface area contributed by atoms with Crippen LogP contribution in [-0.2, 0) is 26.0 Å². The van der Waals surface area contributed by atoms with Crippen LogP contribution in [-0.4, -0.2) is 31.1 Å². The predicted molar refractivity (Wildman–Crippen MR) is 165 cm³/mol. The third kappa shape index (κ3) is 7.80. The first-order valence-corrected chi connectivity index (χ1v) is 15.2. The first kappa shape index (κ1) is 32.2. The number of carbonyl (C=O) groups excluding carboxylic acids is 2. The number of nitro groups is 1. The summed E-state index contributed by atoms with van der Waals surface area (Å²) in [6, 6.07) is 24.4. The topological polar surface area (TPSA) is 142 Å². The van der Waals surface area contributed by atoms with Gasteiger partial charge >= 0.3 is 0 Å². The smallest absolute Gasteiger partial charge is 0.273 e. The van der Waals surface area contributed by atoms with E-state index in [0.29, 0.717) is 12.4 Å². The predicted octanol–water partition coefficient (Wildman–Crippen LogP) is 6.66. The molecule has 228 valence electrons. The molecule has 0 bridgehead atoms. The second-order valence-electron chi connectivity index (χ2n) is 10.7. The average molecular weight is 637 g/mol. The molecule has 0 aromatic heterocycles. The number of rotatable bonds is 11. The number of hydrogen-bond acceptors (Lipinski definition) is 8. The van der Waals surface area contributed by atoms with Crippen molar-refractivity contribution in [3.8, 4) is 11.5 Å². The number of anilines is 1. The molecule has 4 rings (SSSR count). The monoisotopic (exact) mass is 636 g/mol. The maximum atomic E-state index is 13.3. The highest BCUT2D eigenvalue weighted by molar-refractivity contribution is 7.91. The number of carbonyl (C=O) groups is 2. The Hall–Kier alpha value is -4.74. The van der Waals surface area contributed by atoms with Gasteiger partial charge in [0.15, 0.2) is 5.78 Å². The maximum absolute atomic E-state index is 13.3. The number of benzene rings is 4. The molecule has 0 saturated heterocycles. The Kier molecular flexibility index (Phi) is 9.71. The summed E-state index contributed by atoms with van der Waals surface area (Å²) in [5, 5.41) is 13.6. The number of halogens is 1. The summed E-state index contributed by atoms with van der Waals surface area (Å²) in [4.78, 5) is 36.9. The molecule has 12 heteroatoms. The highest BCUT2D eigenvalue weighted by atomic mass is 35.5. The van der Waals surface area contributed by atoms with E-state index in [9.17, 15) is 28.1 Å². The van der Waals surface area contributed by atoms with Crippen molar-refractivity contribution in [3.05, 3.63) is 118 Å². The number of hydrogen-bond donors (Lipinski definition) is 1. The molecule has 10 nitrogen and oxygen atoms in total. The summed E-state index contributed by atoms with van der Waals surface area (Å²) >= 11 is 6.11. The Morgan fingerprint density at radius 1 is 0.886 bits per heavy atom. The molecule has 0 aliphatic rings. The van der Waals surface area contributed by atoms with Crippen LogP contribution in [0.15, 0.2) is 107 Å². The SMILES string of the molecule is CC(C)(C)C(=O)[C@H](Oc1ccc(S(=O)(=O)c2ccc(OCc3ccccc3)cc2)cc1)C(=O)Nc1cc([N+](=O)[O-])ccc1Cl. The molecular formula is C32H29ClN2O8S. The number of ketones is 1. The van der Waals surface area contributed by atoms with E-state index in [4.69, 9.17) is 21.1 Å². The Bertz CT molecular complexity index is 1770. The quantitative estimate of drug-likeness (QED) is 0.109. The lowest BCUT2D eigenvalue weighted by Gasteiger charge is -2.25. The fourth-order valence-corrected chi connectivity index (χ4v) is 5.39. The van der Waals surface area contributed by atoms with Gasteiger partial charge in [0.05, 0.1) is 25.4 Å². The largest absolute Gasteiger partial charge is 0.489 e. The van der Waals surface area contributed by atoms with Gasteiger partial charge in [0.25, 0.3) is 11.6 Å². The molecule has 0 spiro atoms. The number of nitrogens with zero attached hydrogens (tertiary/aromatic N) is 1. The highest BCUT2D eigenvalue weighted by Gasteiger charge is 2.37. The molecule has 0 fully saturated rings. The van der Waals surface area contributed by atoms with Crippen molar-refractivity contribution in [1.29, 1.82) is 0 Å². The Labute approximate surface area is 259 Å². The molecule has 0 aliphatic carbocycles. The average Bonchev–Trinajstić information content (AvgIpc) is 3.00. The van der Waals surface area contributed by atoms with Gasteiger partial charge in [0.2, 0.25) is 15.9 Å². The van der Waals surface area contributed by atoms with Gasteiger partial charge < -0.3 is 14.8 Å². The van der Waals surface area contributed by atoms with Crippen molar-refractivity contribution < 1.29 is 32.4 Å². The van der Waals surface area contributed by atoms with Crippen molar-refractivity contribution in [1.82, 2.24) is 0 Å². The van der Waals surface area contributed by atoms with Gasteiger partial charge in [-0.2, -0.15) is 0 Å². The van der Waals surface area contributed by atoms with Crippen LogP contribution in [0.1, 0.15) is 26.3 Å². The molecule has 44 heavy (non-hydrogen) atoms. The Balaban J connectivity index is 1.50. The molecule has 4 aromatic rings. The summed E-state index contributed by atoms with van der Waals surface area (Å²) in [5.41, 5.74) is -0.410. The van der Waals surface area contributed by atoms with Crippen LogP contribution in [0.25, 0.3) is 0 Å². The van der Waals surface area contributed by atoms with Gasteiger partial charge in [0, 0.05) is 17.5 Å². The molecule has 0 unspecified atom stereocenters. The maximum Gasteiger partial charge on any atom is 0.273 e. The van der Waals surface area contributed by atoms with E-state index in [1.807, 2.05) is 30.3 Å². The molecule has 1 amide bonds. The summed E-state index contributed by atoms with van der Waals surface area (Å²) in [7, 11) is -3.91. The first-order chi connectivity index (χ1) is 20.8. The number of nitrogens with one attached hydrogen (secondary N) is 1. The number of nitro benzene ring substituents is 1. The van der Waals surface area contributed by atoms with Crippen LogP contribution in [0.3, 0.4) is 0 Å². The second kappa shape index (κ2) is 13.3. The molecule has 1 N–H and O–H groups in total. The van der Waals surface area contributed by atoms with Crippen molar-refractivity contribution in [2.75, 3.05) is 5.32 Å². The van der Waals surface area contributed by atoms with Crippen molar-refractivity contribution in [2.45, 2.75) is 43.3 Å². The van der Waals surface area contributed by atoms with Crippen molar-refractivity contribution in [3.63, 3.8) is 0 Å². The Morgan fingerprint density at radius 3 is 2.00 bits per heavy atom. The van der Waals surface area contributed by atoms with Crippen LogP contribution < -0.4 is 14.8 Å². The zero-order valence-electron chi connectivity index (χ0n) is 24.0. The highest BCUT2D eigenvalue weighted by Crippen LogP contribution is 2.29. The molecule has 0 radical (unpaired) electrons. The minimum atomic E-state index is -3.91. The third-order valence-corrected chi connectivity index (χ3v) is 8.52. The zero-order chi connectivity index (χ0) is 32.1. The van der Waals surface area contributed by atoms with Crippen LogP contribution in [0.5, 0.6) is 11.5 Å². The lowest BCUT2D eigenvalue weighted by Crippen LogP contribution is -2.45. The van der Waals surface area contributed by atoms with Crippen molar-refractivity contribution >= 4 is 44.5 Å². The molecular weight excluding hydrogens is 608 g/mol. The summed E-state index contributed by atoms with van der Waals surface area (Å²) in [5.74, 6) is -0.923. The van der Waals surface area contributed by atoms with Gasteiger partial charge in [-0.15, -0.1) is 0 Å². The van der Waals surface area contributed by atoms with Gasteiger partial charge in [-0.1, -0.05) is 62.7 Å². The zero-order valence-corrected chi connectivity index (χ0v) is 25.6. The van der Waals surface area contributed by atoms with Crippen LogP contribution in [0, 0.1) is 15.5 Å². The summed E-state index contributed by atoms with van der Waals surface area (Å²) in [6.45, 7) is 5.15. The Morgan fingerprint density at radius 2 is 1.45 bits per heavy atom. The number of sulfone groups is 1. The van der Waals surface area contributed by atoms with E-state index >= 15 is 0 Å². The second-order valence-corrected chi connectivity index (χ2v) is 13.1. The molecule has 4 aromatic carbocycles. The molecule has 0 aliphatic heterocycles. The van der Waals surface area contributed by atoms with Gasteiger partial charge in [-0.3, -0.25) is 19.7 Å². The van der Waals surface area contributed by atoms with E-state index in [1.165, 1.54) is 48.5 Å². The standard InChI is InChI=1S/C32H29ClN2O8S/c1-32(2,3)30(36)29(31(37)34-28-19-22(35(38)39)9-18-27(28)33)43-24-12-16-26(17-13-24)44(40,41)25-14-10-23(11-15-25)42-20-21-7-5-4-6-8-21/h4-19,29H,20H2,1-3H3,(H,34,37)/t29-/m0/s1. The van der Waals surface area contributed by atoms with Crippen LogP contribution in [0.2, 0.25) is 5.02 Å². The normalized spacial score (nSPS) is 12.2. The number of amides is 1. The van der Waals surface area contributed by atoms with E-state index in [2.05, 4.69) is 5.32 Å². The fraction of sp³-hybridized carbons (Fsp3) is 0.188. The lowest BCUT2D eigenvalue weighted by atomic mass is 9.87. The molecule has 0 heterocycles. The van der Waals surface area contributed by atoms with Gasteiger partial charge in [-0.05, 0) is 60.2 Å². The van der Waals surface area contributed by atoms with Crippen LogP contribution >= 0.6 is 11.6 Å². The minimum Gasteiger partial charge on any atom is -0.489 e. The van der Waals surface area contributed by atoms with Gasteiger partial charge in [-0.25, -0.2) is 8.42 Å². The lowest BCUT2D eigenvalue weighted by molar-refractivity contribution is -0.384. The molecule has 0 saturated carbocycles. The summed E-state index contributed by atoms with van der Waals surface area (Å²) in [6.07, 6.45) is -1.67. The molecule has 1 atom stereocenters. The fourth-order valence-electron chi connectivity index (χ4n) is 3.97. The number of ether oxygens (including phenoxy) is 2. The number of non-ortho nitro benzene ring substituents is 1. The number of Topliss-reactive ketones (excluding diaryl/α,β-unsaturated/α-hetero) is 1. The minimum absolute atomic E-state index is 0.0243. The summed E-state index contributed by atoms with van der Waals surface area (Å²) < 4.78 is 38.0. The van der Waals surface area contributed by atoms with E-state index < -0.39 is 38.0 Å².